The molecule has 0 fully saturated rings. The number of hydrogen-bond acceptors (Lipinski definition) is 7. The van der Waals surface area contributed by atoms with Crippen LogP contribution in [0.1, 0.15) is 12.8 Å². The molecular formula is C12H10F16O9S2. The molecule has 39 heavy (non-hydrogen) atoms. The van der Waals surface area contributed by atoms with Gasteiger partial charge in [-0.3, -0.25) is 9.11 Å². The lowest BCUT2D eigenvalue weighted by molar-refractivity contribution is -0.458. The molecule has 9 nitrogen and oxygen atoms in total. The van der Waals surface area contributed by atoms with Gasteiger partial charge in [-0.2, -0.15) is 87.1 Å². The van der Waals surface area contributed by atoms with E-state index in [4.69, 9.17) is 9.11 Å². The summed E-state index contributed by atoms with van der Waals surface area (Å²) in [5, 5.41) is -13.8. The fourth-order valence-corrected chi connectivity index (χ4v) is 2.37. The summed E-state index contributed by atoms with van der Waals surface area (Å²) in [5.41, 5.74) is 0. The van der Waals surface area contributed by atoms with Crippen molar-refractivity contribution in [3.05, 3.63) is 0 Å². The van der Waals surface area contributed by atoms with Gasteiger partial charge in [0, 0.05) is 12.8 Å². The Labute approximate surface area is 204 Å². The largest absolute Gasteiger partial charge is 0.460 e. The van der Waals surface area contributed by atoms with Gasteiger partial charge in [0.1, 0.15) is 0 Å². The van der Waals surface area contributed by atoms with Gasteiger partial charge in [-0.25, -0.2) is 9.47 Å². The summed E-state index contributed by atoms with van der Waals surface area (Å²) < 4.78 is 274. The molecule has 0 radical (unpaired) electrons. The Hall–Kier alpha value is -1.42. The molecule has 0 bridgehead atoms. The molecule has 0 aliphatic rings. The maximum Gasteiger partial charge on any atom is 0.460 e. The fourth-order valence-electron chi connectivity index (χ4n) is 1.68. The van der Waals surface area contributed by atoms with E-state index in [9.17, 15) is 87.1 Å². The van der Waals surface area contributed by atoms with Gasteiger partial charge >= 0.3 is 67.0 Å². The van der Waals surface area contributed by atoms with Gasteiger partial charge < -0.3 is 4.74 Å². The van der Waals surface area contributed by atoms with Crippen LogP contribution >= 0.6 is 0 Å². The van der Waals surface area contributed by atoms with Crippen molar-refractivity contribution < 1.29 is 110 Å². The van der Waals surface area contributed by atoms with Crippen LogP contribution in [0.15, 0.2) is 0 Å². The van der Waals surface area contributed by atoms with Crippen LogP contribution in [-0.4, -0.2) is 85.9 Å². The van der Waals surface area contributed by atoms with Crippen LogP contribution in [0.5, 0.6) is 0 Å². The third kappa shape index (κ3) is 7.86. The first-order valence-electron chi connectivity index (χ1n) is 8.56. The molecule has 2 N–H and O–H groups in total. The second-order valence-corrected chi connectivity index (χ2v) is 9.70. The molecular weight excluding hydrogens is 656 g/mol. The van der Waals surface area contributed by atoms with Crippen molar-refractivity contribution in [3.63, 3.8) is 0 Å². The Bertz CT molecular complexity index is 990. The summed E-state index contributed by atoms with van der Waals surface area (Å²) in [6, 6.07) is 0. The summed E-state index contributed by atoms with van der Waals surface area (Å²) in [6.45, 7) is -4.13. The van der Waals surface area contributed by atoms with Crippen LogP contribution in [0.2, 0.25) is 0 Å². The average molecular weight is 666 g/mol. The summed E-state index contributed by atoms with van der Waals surface area (Å²) in [5.74, 6) is -12.1. The van der Waals surface area contributed by atoms with Crippen molar-refractivity contribution >= 4 is 20.2 Å². The van der Waals surface area contributed by atoms with Crippen molar-refractivity contribution in [1.29, 1.82) is 0 Å². The van der Waals surface area contributed by atoms with Crippen LogP contribution < -0.4 is 0 Å². The molecule has 0 saturated carbocycles. The molecule has 0 amide bonds. The second-order valence-electron chi connectivity index (χ2n) is 6.78. The van der Waals surface area contributed by atoms with Crippen molar-refractivity contribution in [2.75, 3.05) is 13.2 Å². The highest BCUT2D eigenvalue weighted by Crippen LogP contribution is 2.49. The topological polar surface area (TPSA) is 136 Å². The van der Waals surface area contributed by atoms with E-state index in [1.807, 2.05) is 9.47 Å². The summed E-state index contributed by atoms with van der Waals surface area (Å²) >= 11 is 0. The maximum absolute atomic E-state index is 13.4. The monoisotopic (exact) mass is 666 g/mol. The fraction of sp³-hybridized carbons (Fsp3) is 1.00. The zero-order chi connectivity index (χ0) is 31.9. The van der Waals surface area contributed by atoms with Gasteiger partial charge in [0.2, 0.25) is 0 Å². The molecule has 0 aliphatic carbocycles. The van der Waals surface area contributed by atoms with Gasteiger partial charge in [0.15, 0.2) is 0 Å². The number of halogens is 16. The Balaban J connectivity index is 5.30. The Morgan fingerprint density at radius 3 is 0.897 bits per heavy atom. The van der Waals surface area contributed by atoms with E-state index < -0.39 is 93.1 Å². The van der Waals surface area contributed by atoms with E-state index in [-0.39, 0.29) is 0 Å². The predicted molar refractivity (Wildman–Crippen MR) is 84.9 cm³/mol. The molecule has 0 aliphatic heterocycles. The number of alkyl halides is 16. The normalized spacial score (nSPS) is 16.1. The smallest absolute Gasteiger partial charge is 0.381 e. The number of hydrogen-bond donors (Lipinski definition) is 2. The average Bonchev–Trinajstić information content (AvgIpc) is 2.63. The lowest BCUT2D eigenvalue weighted by Crippen LogP contribution is -2.56. The van der Waals surface area contributed by atoms with Gasteiger partial charge in [-0.15, -0.1) is 0 Å². The van der Waals surface area contributed by atoms with E-state index >= 15 is 0 Å². The van der Waals surface area contributed by atoms with Crippen LogP contribution in [0.25, 0.3) is 0 Å². The summed E-state index contributed by atoms with van der Waals surface area (Å²) in [7, 11) is -14.5. The lowest BCUT2D eigenvalue weighted by Gasteiger charge is -2.32. The minimum atomic E-state index is -7.24. The molecule has 0 unspecified atom stereocenters. The minimum Gasteiger partial charge on any atom is -0.381 e. The van der Waals surface area contributed by atoms with Crippen molar-refractivity contribution in [2.45, 2.75) is 59.6 Å². The molecule has 0 rings (SSSR count). The first-order chi connectivity index (χ1) is 16.6. The van der Waals surface area contributed by atoms with E-state index in [1.165, 1.54) is 0 Å². The molecule has 0 aromatic rings. The molecule has 236 valence electrons. The molecule has 0 aromatic carbocycles. The molecule has 0 saturated heterocycles. The highest BCUT2D eigenvalue weighted by molar-refractivity contribution is 7.87. The van der Waals surface area contributed by atoms with Crippen molar-refractivity contribution in [3.8, 4) is 0 Å². The highest BCUT2D eigenvalue weighted by Gasteiger charge is 2.75. The standard InChI is InChI=1S/C12H10F16O9S2/c13-5(14,7(17,18)36-9(21,22)11(25,26)38(29,30)31)1-3-35-4-2-6(15,16)8(19,20)37-10(23,24)12(27,28)39(32,33)34/h1-4H2,(H,29,30,31)(H,32,33,34). The number of rotatable bonds is 16. The molecule has 0 aromatic heterocycles. The van der Waals surface area contributed by atoms with E-state index in [0.717, 1.165) is 0 Å². The minimum absolute atomic E-state index is 1.85. The van der Waals surface area contributed by atoms with Crippen LogP contribution in [0, 0.1) is 0 Å². The van der Waals surface area contributed by atoms with Crippen molar-refractivity contribution in [1.82, 2.24) is 0 Å². The highest BCUT2D eigenvalue weighted by atomic mass is 32.2. The van der Waals surface area contributed by atoms with Crippen LogP contribution in [0.3, 0.4) is 0 Å². The Kier molecular flexibility index (Phi) is 10.4. The first kappa shape index (κ1) is 37.6. The SMILES string of the molecule is O=S(=O)(O)C(F)(F)C(F)(F)OC(F)(F)C(F)(F)CCOCCC(F)(F)C(F)(F)OC(F)(F)C(F)(F)S(=O)(=O)O. The molecule has 0 spiro atoms. The molecule has 0 atom stereocenters. The van der Waals surface area contributed by atoms with Crippen LogP contribution in [-0.2, 0) is 34.4 Å². The van der Waals surface area contributed by atoms with Crippen LogP contribution in [0.4, 0.5) is 70.2 Å². The quantitative estimate of drug-likeness (QED) is 0.139. The maximum atomic E-state index is 13.4. The van der Waals surface area contributed by atoms with E-state index in [1.54, 1.807) is 0 Å². The van der Waals surface area contributed by atoms with Gasteiger partial charge in [0.25, 0.3) is 0 Å². The van der Waals surface area contributed by atoms with E-state index in [0.29, 0.717) is 0 Å². The molecule has 0 heterocycles. The zero-order valence-electron chi connectivity index (χ0n) is 17.4. The lowest BCUT2D eigenvalue weighted by atomic mass is 10.2. The van der Waals surface area contributed by atoms with Gasteiger partial charge in [-0.1, -0.05) is 0 Å². The predicted octanol–water partition coefficient (Wildman–Crippen LogP) is 4.42. The van der Waals surface area contributed by atoms with Gasteiger partial charge in [0.05, 0.1) is 13.2 Å². The summed E-state index contributed by atoms with van der Waals surface area (Å²) in [6.07, 6.45) is -32.9. The van der Waals surface area contributed by atoms with Crippen molar-refractivity contribution in [2.24, 2.45) is 0 Å². The van der Waals surface area contributed by atoms with E-state index in [2.05, 4.69) is 4.74 Å². The Morgan fingerprint density at radius 2 is 0.692 bits per heavy atom. The second kappa shape index (κ2) is 10.8. The zero-order valence-corrected chi connectivity index (χ0v) is 19.1. The summed E-state index contributed by atoms with van der Waals surface area (Å²) in [4.78, 5) is 0. The van der Waals surface area contributed by atoms with Gasteiger partial charge in [-0.05, 0) is 0 Å². The molecule has 27 heteroatoms. The first-order valence-corrected chi connectivity index (χ1v) is 11.4. The Morgan fingerprint density at radius 1 is 0.462 bits per heavy atom. The number of ether oxygens (including phenoxy) is 3. The third-order valence-corrected chi connectivity index (χ3v) is 5.58. The third-order valence-electron chi connectivity index (χ3n) is 3.81.